The van der Waals surface area contributed by atoms with Crippen molar-refractivity contribution in [2.24, 2.45) is 5.16 Å². The Labute approximate surface area is 219 Å². The summed E-state index contributed by atoms with van der Waals surface area (Å²) in [5.41, 5.74) is -2.89. The number of alkyl halides is 6. The van der Waals surface area contributed by atoms with E-state index in [0.29, 0.717) is 0 Å². The van der Waals surface area contributed by atoms with Crippen LogP contribution < -0.4 is 5.32 Å². The fourth-order valence-electron chi connectivity index (χ4n) is 3.73. The summed E-state index contributed by atoms with van der Waals surface area (Å²) in [7, 11) is 0. The Morgan fingerprint density at radius 2 is 1.79 bits per heavy atom. The molecule has 1 aromatic heterocycles. The standard InChI is InChI=1S/C22H12Cl2F6N6O2/c1-10-4-11(2-3-15(10)17(37)32-19-33-18(21(25,26)27)36(9-31)34-19)16-8-20(38-35-16,22(28,29)30)12-5-13(23)7-14(24)6-12/h2-7H,8H2,1H3,(H,32,34,37). The number of carbonyl (C=O) groups excluding carboxylic acids is 1. The number of benzene rings is 2. The summed E-state index contributed by atoms with van der Waals surface area (Å²) in [5.74, 6) is -3.31. The van der Waals surface area contributed by atoms with E-state index in [1.807, 2.05) is 0 Å². The van der Waals surface area contributed by atoms with Gasteiger partial charge >= 0.3 is 12.4 Å². The van der Waals surface area contributed by atoms with Crippen LogP contribution in [0.3, 0.4) is 0 Å². The molecule has 198 valence electrons. The smallest absolute Gasteiger partial charge is 0.374 e. The van der Waals surface area contributed by atoms with E-state index in [9.17, 15) is 31.1 Å². The second-order valence-electron chi connectivity index (χ2n) is 8.04. The van der Waals surface area contributed by atoms with Gasteiger partial charge in [-0.05, 0) is 48.4 Å². The van der Waals surface area contributed by atoms with Gasteiger partial charge in [0.1, 0.15) is 0 Å². The molecular formula is C22H12Cl2F6N6O2. The molecule has 0 radical (unpaired) electrons. The van der Waals surface area contributed by atoms with Crippen molar-refractivity contribution in [3.8, 4) is 6.19 Å². The molecule has 1 aliphatic rings. The highest BCUT2D eigenvalue weighted by Gasteiger charge is 2.62. The number of rotatable bonds is 4. The zero-order valence-electron chi connectivity index (χ0n) is 18.7. The third kappa shape index (κ3) is 4.99. The Balaban J connectivity index is 1.59. The maximum Gasteiger partial charge on any atom is 0.452 e. The third-order valence-corrected chi connectivity index (χ3v) is 5.94. The lowest BCUT2D eigenvalue weighted by atomic mass is 9.86. The minimum Gasteiger partial charge on any atom is -0.374 e. The molecule has 1 N–H and O–H groups in total. The Kier molecular flexibility index (Phi) is 6.79. The predicted octanol–water partition coefficient (Wildman–Crippen LogP) is 6.08. The van der Waals surface area contributed by atoms with Crippen LogP contribution in [-0.4, -0.2) is 32.6 Å². The van der Waals surface area contributed by atoms with Crippen molar-refractivity contribution in [3.05, 3.63) is 74.5 Å². The minimum atomic E-state index is -4.99. The highest BCUT2D eigenvalue weighted by Crippen LogP contribution is 2.49. The molecule has 0 fully saturated rings. The maximum atomic E-state index is 14.2. The molecule has 2 heterocycles. The molecule has 38 heavy (non-hydrogen) atoms. The Morgan fingerprint density at radius 1 is 1.13 bits per heavy atom. The van der Waals surface area contributed by atoms with Crippen LogP contribution in [0.1, 0.15) is 39.3 Å². The highest BCUT2D eigenvalue weighted by molar-refractivity contribution is 6.34. The summed E-state index contributed by atoms with van der Waals surface area (Å²) in [6.45, 7) is 1.45. The summed E-state index contributed by atoms with van der Waals surface area (Å²) in [6.07, 6.45) is -9.45. The molecule has 0 saturated carbocycles. The first-order chi connectivity index (χ1) is 17.6. The number of nitrogens with one attached hydrogen (secondary N) is 1. The van der Waals surface area contributed by atoms with Crippen LogP contribution in [0.5, 0.6) is 0 Å². The van der Waals surface area contributed by atoms with E-state index in [4.69, 9.17) is 33.3 Å². The molecule has 1 unspecified atom stereocenters. The van der Waals surface area contributed by atoms with Gasteiger partial charge in [-0.2, -0.15) is 36.6 Å². The molecule has 3 aromatic rings. The second kappa shape index (κ2) is 9.48. The van der Waals surface area contributed by atoms with Crippen molar-refractivity contribution in [1.29, 1.82) is 5.26 Å². The van der Waals surface area contributed by atoms with Gasteiger partial charge in [0, 0.05) is 27.6 Å². The third-order valence-electron chi connectivity index (χ3n) is 5.50. The molecule has 4 rings (SSSR count). The maximum absolute atomic E-state index is 14.2. The topological polar surface area (TPSA) is 105 Å². The van der Waals surface area contributed by atoms with Crippen LogP contribution in [0.25, 0.3) is 0 Å². The zero-order chi connectivity index (χ0) is 28.0. The van der Waals surface area contributed by atoms with Crippen molar-refractivity contribution >= 4 is 40.8 Å². The van der Waals surface area contributed by atoms with Gasteiger partial charge in [-0.3, -0.25) is 10.1 Å². The number of amides is 1. The fourth-order valence-corrected chi connectivity index (χ4v) is 4.26. The van der Waals surface area contributed by atoms with Crippen LogP contribution in [-0.2, 0) is 16.6 Å². The van der Waals surface area contributed by atoms with Crippen LogP contribution in [0.15, 0.2) is 41.6 Å². The van der Waals surface area contributed by atoms with E-state index in [1.54, 1.807) is 0 Å². The summed E-state index contributed by atoms with van der Waals surface area (Å²) < 4.78 is 81.4. The Hall–Kier alpha value is -3.83. The average Bonchev–Trinajstić information content (AvgIpc) is 3.43. The van der Waals surface area contributed by atoms with E-state index < -0.39 is 42.1 Å². The molecule has 0 aliphatic carbocycles. The Bertz CT molecular complexity index is 1490. The number of hydrogen-bond acceptors (Lipinski definition) is 6. The number of nitrogens with zero attached hydrogens (tertiary/aromatic N) is 5. The number of carbonyl (C=O) groups is 1. The molecule has 8 nitrogen and oxygen atoms in total. The first kappa shape index (κ1) is 27.2. The number of hydrogen-bond donors (Lipinski definition) is 1. The molecule has 1 atom stereocenters. The highest BCUT2D eigenvalue weighted by atomic mass is 35.5. The first-order valence-electron chi connectivity index (χ1n) is 10.3. The number of halogens is 8. The predicted molar refractivity (Wildman–Crippen MR) is 122 cm³/mol. The Morgan fingerprint density at radius 3 is 2.32 bits per heavy atom. The summed E-state index contributed by atoms with van der Waals surface area (Å²) >= 11 is 11.8. The molecule has 1 aliphatic heterocycles. The van der Waals surface area contributed by atoms with Gasteiger partial charge in [0.2, 0.25) is 12.0 Å². The average molecular weight is 577 g/mol. The van der Waals surface area contributed by atoms with Crippen LogP contribution in [0.2, 0.25) is 10.0 Å². The fraction of sp³-hybridized carbons (Fsp3) is 0.227. The summed E-state index contributed by atoms with van der Waals surface area (Å²) in [5, 5.41) is 17.7. The van der Waals surface area contributed by atoms with E-state index in [1.165, 1.54) is 37.4 Å². The quantitative estimate of drug-likeness (QED) is 0.379. The van der Waals surface area contributed by atoms with Crippen LogP contribution >= 0.6 is 23.2 Å². The van der Waals surface area contributed by atoms with E-state index in [-0.39, 0.29) is 42.7 Å². The van der Waals surface area contributed by atoms with Crippen LogP contribution in [0, 0.1) is 18.4 Å². The van der Waals surface area contributed by atoms with Crippen molar-refractivity contribution < 1.29 is 36.0 Å². The lowest BCUT2D eigenvalue weighted by Crippen LogP contribution is -2.42. The lowest BCUT2D eigenvalue weighted by Gasteiger charge is -2.29. The van der Waals surface area contributed by atoms with Crippen molar-refractivity contribution in [2.45, 2.75) is 31.3 Å². The molecular weight excluding hydrogens is 565 g/mol. The number of aromatic nitrogens is 3. The number of aryl methyl sites for hydroxylation is 1. The van der Waals surface area contributed by atoms with Gasteiger partial charge in [0.25, 0.3) is 17.5 Å². The molecule has 0 bridgehead atoms. The number of nitriles is 1. The van der Waals surface area contributed by atoms with Crippen molar-refractivity contribution in [2.75, 3.05) is 5.32 Å². The van der Waals surface area contributed by atoms with E-state index >= 15 is 0 Å². The molecule has 2 aromatic carbocycles. The SMILES string of the molecule is Cc1cc(C2=NOC(c3cc(Cl)cc(Cl)c3)(C(F)(F)F)C2)ccc1C(=O)Nc1nc(C(F)(F)F)n(C#N)n1. The van der Waals surface area contributed by atoms with Crippen molar-refractivity contribution in [1.82, 2.24) is 14.8 Å². The molecule has 0 spiro atoms. The summed E-state index contributed by atoms with van der Waals surface area (Å²) in [6, 6.07) is 7.30. The van der Waals surface area contributed by atoms with Gasteiger partial charge in [0.15, 0.2) is 0 Å². The zero-order valence-corrected chi connectivity index (χ0v) is 20.3. The van der Waals surface area contributed by atoms with Crippen molar-refractivity contribution in [3.63, 3.8) is 0 Å². The molecule has 16 heteroatoms. The molecule has 1 amide bonds. The first-order valence-corrected chi connectivity index (χ1v) is 11.1. The van der Waals surface area contributed by atoms with Gasteiger partial charge < -0.3 is 4.84 Å². The van der Waals surface area contributed by atoms with Gasteiger partial charge in [0.05, 0.1) is 5.71 Å². The lowest BCUT2D eigenvalue weighted by molar-refractivity contribution is -0.275. The van der Waals surface area contributed by atoms with Gasteiger partial charge in [-0.1, -0.05) is 34.4 Å². The molecule has 0 saturated heterocycles. The summed E-state index contributed by atoms with van der Waals surface area (Å²) in [4.78, 5) is 20.7. The van der Waals surface area contributed by atoms with Gasteiger partial charge in [-0.25, -0.2) is 0 Å². The second-order valence-corrected chi connectivity index (χ2v) is 8.91. The number of anilines is 1. The number of oxime groups is 1. The largest absolute Gasteiger partial charge is 0.452 e. The minimum absolute atomic E-state index is 0.0316. The normalized spacial score (nSPS) is 17.5. The van der Waals surface area contributed by atoms with Gasteiger partial charge in [-0.15, -0.1) is 9.78 Å². The van der Waals surface area contributed by atoms with E-state index in [2.05, 4.69) is 20.6 Å². The van der Waals surface area contributed by atoms with Crippen LogP contribution in [0.4, 0.5) is 32.3 Å². The van der Waals surface area contributed by atoms with E-state index in [0.717, 1.165) is 12.1 Å². The monoisotopic (exact) mass is 576 g/mol.